The lowest BCUT2D eigenvalue weighted by atomic mass is 10.2. The summed E-state index contributed by atoms with van der Waals surface area (Å²) in [6, 6.07) is 12.4. The summed E-state index contributed by atoms with van der Waals surface area (Å²) in [7, 11) is -3.60. The van der Waals surface area contributed by atoms with E-state index in [9.17, 15) is 17.6 Å². The van der Waals surface area contributed by atoms with Crippen molar-refractivity contribution in [2.24, 2.45) is 0 Å². The Bertz CT molecular complexity index is 854. The van der Waals surface area contributed by atoms with E-state index in [0.29, 0.717) is 11.4 Å². The van der Waals surface area contributed by atoms with Crippen LogP contribution in [0.4, 0.5) is 10.1 Å². The van der Waals surface area contributed by atoms with E-state index in [2.05, 4.69) is 5.32 Å². The van der Waals surface area contributed by atoms with Gasteiger partial charge in [-0.3, -0.25) is 9.10 Å². The number of amides is 1. The average molecular weight is 380 g/mol. The van der Waals surface area contributed by atoms with Crippen molar-refractivity contribution in [3.63, 3.8) is 0 Å². The van der Waals surface area contributed by atoms with Crippen LogP contribution in [0.5, 0.6) is 5.75 Å². The first-order chi connectivity index (χ1) is 12.3. The number of benzene rings is 2. The molecule has 0 radical (unpaired) electrons. The molecule has 0 unspecified atom stereocenters. The summed E-state index contributed by atoms with van der Waals surface area (Å²) >= 11 is 0. The first-order valence-electron chi connectivity index (χ1n) is 7.95. The molecule has 2 aromatic carbocycles. The Morgan fingerprint density at radius 2 is 1.88 bits per heavy atom. The molecule has 1 N–H and O–H groups in total. The lowest BCUT2D eigenvalue weighted by Gasteiger charge is -2.22. The summed E-state index contributed by atoms with van der Waals surface area (Å²) in [6.45, 7) is 1.90. The first kappa shape index (κ1) is 19.7. The van der Waals surface area contributed by atoms with Crippen molar-refractivity contribution >= 4 is 21.6 Å². The van der Waals surface area contributed by atoms with Gasteiger partial charge in [0.2, 0.25) is 15.9 Å². The van der Waals surface area contributed by atoms with Crippen LogP contribution in [0.2, 0.25) is 0 Å². The third-order valence-electron chi connectivity index (χ3n) is 3.48. The van der Waals surface area contributed by atoms with E-state index < -0.39 is 15.9 Å². The quantitative estimate of drug-likeness (QED) is 0.712. The van der Waals surface area contributed by atoms with E-state index in [1.165, 1.54) is 24.3 Å². The summed E-state index contributed by atoms with van der Waals surface area (Å²) < 4.78 is 43.2. The normalized spacial score (nSPS) is 11.0. The second-order valence-corrected chi connectivity index (χ2v) is 7.67. The van der Waals surface area contributed by atoms with Crippen LogP contribution in [0.1, 0.15) is 5.56 Å². The number of halogens is 1. The van der Waals surface area contributed by atoms with Gasteiger partial charge in [-0.05, 0) is 48.9 Å². The van der Waals surface area contributed by atoms with Gasteiger partial charge in [-0.15, -0.1) is 0 Å². The van der Waals surface area contributed by atoms with Crippen molar-refractivity contribution in [1.82, 2.24) is 5.32 Å². The number of nitrogens with zero attached hydrogens (tertiary/aromatic N) is 1. The van der Waals surface area contributed by atoms with Gasteiger partial charge in [0.15, 0.2) is 0 Å². The minimum atomic E-state index is -3.60. The van der Waals surface area contributed by atoms with Gasteiger partial charge in [-0.25, -0.2) is 12.8 Å². The van der Waals surface area contributed by atoms with Crippen molar-refractivity contribution < 1.29 is 22.3 Å². The summed E-state index contributed by atoms with van der Waals surface area (Å²) in [6.07, 6.45) is 1.06. The summed E-state index contributed by atoms with van der Waals surface area (Å²) in [4.78, 5) is 12.1. The third kappa shape index (κ3) is 6.03. The molecule has 0 fully saturated rings. The van der Waals surface area contributed by atoms with Gasteiger partial charge in [0.05, 0.1) is 18.5 Å². The smallest absolute Gasteiger partial charge is 0.240 e. The van der Waals surface area contributed by atoms with Gasteiger partial charge in [0, 0.05) is 0 Å². The summed E-state index contributed by atoms with van der Waals surface area (Å²) in [5.41, 5.74) is 1.33. The maximum Gasteiger partial charge on any atom is 0.240 e. The Labute approximate surface area is 152 Å². The molecule has 0 atom stereocenters. The number of rotatable bonds is 8. The predicted octanol–water partition coefficient (Wildman–Crippen LogP) is 2.10. The number of carbonyl (C=O) groups excluding carboxylic acids is 1. The van der Waals surface area contributed by atoms with Crippen molar-refractivity contribution in [2.45, 2.75) is 6.92 Å². The molecule has 26 heavy (non-hydrogen) atoms. The molecule has 0 spiro atoms. The van der Waals surface area contributed by atoms with Crippen molar-refractivity contribution in [1.29, 1.82) is 0 Å². The van der Waals surface area contributed by atoms with E-state index in [4.69, 9.17) is 4.74 Å². The molecule has 0 saturated heterocycles. The highest BCUT2D eigenvalue weighted by Crippen LogP contribution is 2.18. The summed E-state index contributed by atoms with van der Waals surface area (Å²) in [5.74, 6) is -0.319. The standard InChI is InChI=1S/C18H21FN2O4S/c1-14-4-3-5-16(12-14)21(26(2,23)24)13-18(22)20-10-11-25-17-8-6-15(19)7-9-17/h3-9,12H,10-11,13H2,1-2H3,(H,20,22). The van der Waals surface area contributed by atoms with Gasteiger partial charge >= 0.3 is 0 Å². The van der Waals surface area contributed by atoms with E-state index in [1.54, 1.807) is 18.2 Å². The summed E-state index contributed by atoms with van der Waals surface area (Å²) in [5, 5.41) is 2.61. The number of carbonyl (C=O) groups is 1. The minimum absolute atomic E-state index is 0.181. The largest absolute Gasteiger partial charge is 0.492 e. The molecular weight excluding hydrogens is 359 g/mol. The zero-order valence-corrected chi connectivity index (χ0v) is 15.4. The molecule has 2 rings (SSSR count). The molecule has 0 aliphatic heterocycles. The zero-order chi connectivity index (χ0) is 19.2. The molecule has 0 aromatic heterocycles. The van der Waals surface area contributed by atoms with Crippen LogP contribution < -0.4 is 14.4 Å². The second kappa shape index (κ2) is 8.66. The van der Waals surface area contributed by atoms with E-state index in [-0.39, 0.29) is 25.5 Å². The van der Waals surface area contributed by atoms with Crippen LogP contribution in [0, 0.1) is 12.7 Å². The van der Waals surface area contributed by atoms with Crippen LogP contribution in [-0.2, 0) is 14.8 Å². The molecular formula is C18H21FN2O4S. The molecule has 0 heterocycles. The monoisotopic (exact) mass is 380 g/mol. The first-order valence-corrected chi connectivity index (χ1v) is 9.80. The van der Waals surface area contributed by atoms with Gasteiger partial charge in [-0.1, -0.05) is 12.1 Å². The number of nitrogens with one attached hydrogen (secondary N) is 1. The van der Waals surface area contributed by atoms with Gasteiger partial charge in [0.1, 0.15) is 24.7 Å². The fourth-order valence-electron chi connectivity index (χ4n) is 2.26. The SMILES string of the molecule is Cc1cccc(N(CC(=O)NCCOc2ccc(F)cc2)S(C)(=O)=O)c1. The molecule has 0 saturated carbocycles. The number of hydrogen-bond donors (Lipinski definition) is 1. The van der Waals surface area contributed by atoms with E-state index in [0.717, 1.165) is 16.1 Å². The molecule has 0 aliphatic carbocycles. The van der Waals surface area contributed by atoms with Gasteiger partial charge in [-0.2, -0.15) is 0 Å². The van der Waals surface area contributed by atoms with Gasteiger partial charge in [0.25, 0.3) is 0 Å². The molecule has 8 heteroatoms. The molecule has 0 aliphatic rings. The Kier molecular flexibility index (Phi) is 6.57. The number of hydrogen-bond acceptors (Lipinski definition) is 4. The highest BCUT2D eigenvalue weighted by atomic mass is 32.2. The third-order valence-corrected chi connectivity index (χ3v) is 4.62. The minimum Gasteiger partial charge on any atom is -0.492 e. The van der Waals surface area contributed by atoms with Crippen LogP contribution in [-0.4, -0.2) is 40.3 Å². The Hall–Kier alpha value is -2.61. The number of sulfonamides is 1. The predicted molar refractivity (Wildman–Crippen MR) is 98.3 cm³/mol. The Morgan fingerprint density at radius 1 is 1.19 bits per heavy atom. The lowest BCUT2D eigenvalue weighted by Crippen LogP contribution is -2.41. The maximum absolute atomic E-state index is 12.8. The molecule has 1 amide bonds. The van der Waals surface area contributed by atoms with Crippen molar-refractivity contribution in [2.75, 3.05) is 30.3 Å². The number of aryl methyl sites for hydroxylation is 1. The van der Waals surface area contributed by atoms with Gasteiger partial charge < -0.3 is 10.1 Å². The highest BCUT2D eigenvalue weighted by molar-refractivity contribution is 7.92. The molecule has 140 valence electrons. The van der Waals surface area contributed by atoms with Crippen LogP contribution in [0.25, 0.3) is 0 Å². The average Bonchev–Trinajstić information content (AvgIpc) is 2.57. The van der Waals surface area contributed by atoms with Crippen molar-refractivity contribution in [3.05, 3.63) is 59.9 Å². The number of ether oxygens (including phenoxy) is 1. The fraction of sp³-hybridized carbons (Fsp3) is 0.278. The lowest BCUT2D eigenvalue weighted by molar-refractivity contribution is -0.119. The number of anilines is 1. The van der Waals surface area contributed by atoms with E-state index >= 15 is 0 Å². The zero-order valence-electron chi connectivity index (χ0n) is 14.6. The van der Waals surface area contributed by atoms with Crippen LogP contribution >= 0.6 is 0 Å². The molecule has 6 nitrogen and oxygen atoms in total. The van der Waals surface area contributed by atoms with E-state index in [1.807, 2.05) is 13.0 Å². The highest BCUT2D eigenvalue weighted by Gasteiger charge is 2.20. The van der Waals surface area contributed by atoms with Crippen LogP contribution in [0.3, 0.4) is 0 Å². The molecule has 2 aromatic rings. The Morgan fingerprint density at radius 3 is 2.50 bits per heavy atom. The maximum atomic E-state index is 12.8. The fourth-order valence-corrected chi connectivity index (χ4v) is 3.11. The van der Waals surface area contributed by atoms with Crippen molar-refractivity contribution in [3.8, 4) is 5.75 Å². The second-order valence-electron chi connectivity index (χ2n) is 5.76. The topological polar surface area (TPSA) is 75.7 Å². The van der Waals surface area contributed by atoms with Crippen LogP contribution in [0.15, 0.2) is 48.5 Å². The Balaban J connectivity index is 1.88. The molecule has 0 bridgehead atoms.